The van der Waals surface area contributed by atoms with Crippen LogP contribution in [0.3, 0.4) is 0 Å². The van der Waals surface area contributed by atoms with Crippen LogP contribution in [0.25, 0.3) is 10.9 Å². The van der Waals surface area contributed by atoms with E-state index in [9.17, 15) is 9.18 Å². The summed E-state index contributed by atoms with van der Waals surface area (Å²) in [5.41, 5.74) is 1.36. The summed E-state index contributed by atoms with van der Waals surface area (Å²) in [6.07, 6.45) is 1.60. The highest BCUT2D eigenvalue weighted by molar-refractivity contribution is 5.82. The Labute approximate surface area is 122 Å². The molecule has 0 aliphatic carbocycles. The molecule has 112 valence electrons. The van der Waals surface area contributed by atoms with E-state index in [1.165, 1.54) is 6.07 Å². The number of halogens is 1. The topological polar surface area (TPSA) is 62.7 Å². The third kappa shape index (κ3) is 3.96. The Morgan fingerprint density at radius 2 is 2.24 bits per heavy atom. The molecule has 2 rings (SSSR count). The zero-order chi connectivity index (χ0) is 15.2. The van der Waals surface area contributed by atoms with Crippen molar-refractivity contribution in [2.24, 2.45) is 0 Å². The predicted octanol–water partition coefficient (Wildman–Crippen LogP) is 1.91. The van der Waals surface area contributed by atoms with E-state index in [0.717, 1.165) is 5.56 Å². The Hall–Kier alpha value is -2.05. The number of rotatable bonds is 7. The maximum atomic E-state index is 13.7. The number of carboxylic acid groups (broad SMARTS) is 1. The number of carbonyl (C=O) groups is 1. The zero-order valence-corrected chi connectivity index (χ0v) is 11.8. The van der Waals surface area contributed by atoms with Gasteiger partial charge in [-0.25, -0.2) is 4.39 Å². The first-order chi connectivity index (χ1) is 10.1. The van der Waals surface area contributed by atoms with E-state index in [1.807, 2.05) is 0 Å². The molecule has 21 heavy (non-hydrogen) atoms. The first kappa shape index (κ1) is 15.3. The van der Waals surface area contributed by atoms with Crippen LogP contribution in [0.1, 0.15) is 5.56 Å². The number of hydrogen-bond donors (Lipinski definition) is 1. The summed E-state index contributed by atoms with van der Waals surface area (Å²) >= 11 is 0. The first-order valence-electron chi connectivity index (χ1n) is 6.57. The van der Waals surface area contributed by atoms with Crippen molar-refractivity contribution in [2.75, 3.05) is 26.8 Å². The molecule has 1 N–H and O–H groups in total. The molecule has 0 saturated heterocycles. The summed E-state index contributed by atoms with van der Waals surface area (Å²) in [5, 5.41) is 9.40. The highest BCUT2D eigenvalue weighted by Gasteiger charge is 2.13. The SMILES string of the molecule is COCCN(CC(=O)O)Cc1ccc(F)c2cccnc12. The summed E-state index contributed by atoms with van der Waals surface area (Å²) in [6, 6.07) is 6.37. The largest absolute Gasteiger partial charge is 0.480 e. The van der Waals surface area contributed by atoms with Gasteiger partial charge in [-0.15, -0.1) is 0 Å². The van der Waals surface area contributed by atoms with Crippen molar-refractivity contribution in [2.45, 2.75) is 6.54 Å². The lowest BCUT2D eigenvalue weighted by Gasteiger charge is -2.20. The molecule has 0 saturated carbocycles. The fourth-order valence-electron chi connectivity index (χ4n) is 2.19. The normalized spacial score (nSPS) is 11.2. The highest BCUT2D eigenvalue weighted by atomic mass is 19.1. The standard InChI is InChI=1S/C15H17FN2O3/c1-21-8-7-18(10-14(19)20)9-11-4-5-13(16)12-3-2-6-17-15(11)12/h2-6H,7-10H2,1H3,(H,19,20). The van der Waals surface area contributed by atoms with Gasteiger partial charge in [0.1, 0.15) is 5.82 Å². The van der Waals surface area contributed by atoms with Gasteiger partial charge in [-0.3, -0.25) is 14.7 Å². The van der Waals surface area contributed by atoms with E-state index in [4.69, 9.17) is 9.84 Å². The number of methoxy groups -OCH3 is 1. The van der Waals surface area contributed by atoms with Gasteiger partial charge in [0.15, 0.2) is 0 Å². The van der Waals surface area contributed by atoms with Crippen LogP contribution in [0.2, 0.25) is 0 Å². The predicted molar refractivity (Wildman–Crippen MR) is 76.5 cm³/mol. The minimum absolute atomic E-state index is 0.102. The Balaban J connectivity index is 2.27. The van der Waals surface area contributed by atoms with Crippen LogP contribution in [0.15, 0.2) is 30.5 Å². The molecule has 0 spiro atoms. The summed E-state index contributed by atoms with van der Waals surface area (Å²) in [7, 11) is 1.56. The van der Waals surface area contributed by atoms with E-state index in [1.54, 1.807) is 36.4 Å². The van der Waals surface area contributed by atoms with Crippen molar-refractivity contribution >= 4 is 16.9 Å². The van der Waals surface area contributed by atoms with Gasteiger partial charge < -0.3 is 9.84 Å². The molecule has 0 aliphatic rings. The first-order valence-corrected chi connectivity index (χ1v) is 6.57. The van der Waals surface area contributed by atoms with Crippen LogP contribution in [-0.2, 0) is 16.1 Å². The van der Waals surface area contributed by atoms with E-state index in [-0.39, 0.29) is 12.4 Å². The van der Waals surface area contributed by atoms with Gasteiger partial charge in [0.2, 0.25) is 0 Å². The lowest BCUT2D eigenvalue weighted by molar-refractivity contribution is -0.138. The molecule has 5 nitrogen and oxygen atoms in total. The van der Waals surface area contributed by atoms with Gasteiger partial charge in [0.05, 0.1) is 18.7 Å². The number of fused-ring (bicyclic) bond motifs is 1. The zero-order valence-electron chi connectivity index (χ0n) is 11.8. The van der Waals surface area contributed by atoms with Crippen LogP contribution in [-0.4, -0.2) is 47.8 Å². The highest BCUT2D eigenvalue weighted by Crippen LogP contribution is 2.20. The molecule has 0 unspecified atom stereocenters. The van der Waals surface area contributed by atoms with Crippen LogP contribution in [0, 0.1) is 5.82 Å². The molecular formula is C15H17FN2O3. The average Bonchev–Trinajstić information content (AvgIpc) is 2.47. The number of aromatic nitrogens is 1. The quantitative estimate of drug-likeness (QED) is 0.844. The summed E-state index contributed by atoms with van der Waals surface area (Å²) in [5.74, 6) is -1.24. The van der Waals surface area contributed by atoms with Crippen LogP contribution in [0.4, 0.5) is 4.39 Å². The third-order valence-corrected chi connectivity index (χ3v) is 3.16. The number of pyridine rings is 1. The molecule has 1 heterocycles. The van der Waals surface area contributed by atoms with Crippen molar-refractivity contribution in [3.05, 3.63) is 41.8 Å². The molecule has 0 atom stereocenters. The van der Waals surface area contributed by atoms with Gasteiger partial charge in [-0.05, 0) is 23.8 Å². The molecule has 1 aromatic carbocycles. The Kier molecular flexibility index (Phi) is 5.19. The lowest BCUT2D eigenvalue weighted by Crippen LogP contribution is -2.32. The summed E-state index contributed by atoms with van der Waals surface area (Å²) in [4.78, 5) is 16.9. The van der Waals surface area contributed by atoms with E-state index < -0.39 is 5.97 Å². The van der Waals surface area contributed by atoms with Gasteiger partial charge in [-0.1, -0.05) is 6.07 Å². The van der Waals surface area contributed by atoms with Crippen molar-refractivity contribution in [1.82, 2.24) is 9.88 Å². The molecule has 0 radical (unpaired) electrons. The van der Waals surface area contributed by atoms with Gasteiger partial charge in [0, 0.05) is 31.8 Å². The monoisotopic (exact) mass is 292 g/mol. The Morgan fingerprint density at radius 3 is 2.95 bits per heavy atom. The fraction of sp³-hybridized carbons (Fsp3) is 0.333. The molecule has 2 aromatic rings. The van der Waals surface area contributed by atoms with Gasteiger partial charge in [-0.2, -0.15) is 0 Å². The molecule has 0 fully saturated rings. The average molecular weight is 292 g/mol. The lowest BCUT2D eigenvalue weighted by atomic mass is 10.1. The van der Waals surface area contributed by atoms with Crippen LogP contribution >= 0.6 is 0 Å². The summed E-state index contributed by atoms with van der Waals surface area (Å²) < 4.78 is 18.7. The molecule has 1 aromatic heterocycles. The summed E-state index contributed by atoms with van der Waals surface area (Å²) in [6.45, 7) is 1.19. The van der Waals surface area contributed by atoms with Gasteiger partial charge >= 0.3 is 5.97 Å². The van der Waals surface area contributed by atoms with Crippen molar-refractivity contribution < 1.29 is 19.0 Å². The molecule has 6 heteroatoms. The van der Waals surface area contributed by atoms with Crippen molar-refractivity contribution in [3.63, 3.8) is 0 Å². The maximum absolute atomic E-state index is 13.7. The Bertz CT molecular complexity index is 633. The molecule has 0 bridgehead atoms. The second-order valence-corrected chi connectivity index (χ2v) is 4.70. The van der Waals surface area contributed by atoms with Crippen molar-refractivity contribution in [3.8, 4) is 0 Å². The number of ether oxygens (including phenoxy) is 1. The molecular weight excluding hydrogens is 275 g/mol. The smallest absolute Gasteiger partial charge is 0.317 e. The third-order valence-electron chi connectivity index (χ3n) is 3.16. The second-order valence-electron chi connectivity index (χ2n) is 4.70. The Morgan fingerprint density at radius 1 is 1.43 bits per heavy atom. The number of aliphatic carboxylic acids is 1. The van der Waals surface area contributed by atoms with Crippen LogP contribution < -0.4 is 0 Å². The number of benzene rings is 1. The number of carboxylic acids is 1. The van der Waals surface area contributed by atoms with E-state index in [2.05, 4.69) is 4.98 Å². The fourth-order valence-corrected chi connectivity index (χ4v) is 2.19. The molecule has 0 amide bonds. The molecule has 0 aliphatic heterocycles. The van der Waals surface area contributed by atoms with E-state index >= 15 is 0 Å². The maximum Gasteiger partial charge on any atom is 0.317 e. The number of nitrogens with zero attached hydrogens (tertiary/aromatic N) is 2. The van der Waals surface area contributed by atoms with Crippen molar-refractivity contribution in [1.29, 1.82) is 0 Å². The minimum Gasteiger partial charge on any atom is -0.480 e. The number of hydrogen-bond acceptors (Lipinski definition) is 4. The van der Waals surface area contributed by atoms with E-state index in [0.29, 0.717) is 30.6 Å². The second kappa shape index (κ2) is 7.10. The minimum atomic E-state index is -0.912. The van der Waals surface area contributed by atoms with Crippen LogP contribution in [0.5, 0.6) is 0 Å². The van der Waals surface area contributed by atoms with Gasteiger partial charge in [0.25, 0.3) is 0 Å².